The molecule has 0 aliphatic heterocycles. The lowest BCUT2D eigenvalue weighted by Crippen LogP contribution is -2.23. The van der Waals surface area contributed by atoms with Crippen molar-refractivity contribution < 1.29 is 0 Å². The molecule has 2 rings (SSSR count). The Labute approximate surface area is 113 Å². The first-order valence-electron chi connectivity index (χ1n) is 6.19. The normalized spacial score (nSPS) is 9.89. The molecule has 0 bridgehead atoms. The number of para-hydroxylation sites is 2. The number of rotatable bonds is 4. The summed E-state index contributed by atoms with van der Waals surface area (Å²) < 4.78 is 0. The molecular formula is C15H16N4. The van der Waals surface area contributed by atoms with Crippen molar-refractivity contribution in [3.63, 3.8) is 0 Å². The Kier molecular flexibility index (Phi) is 3.99. The van der Waals surface area contributed by atoms with Crippen LogP contribution in [0.5, 0.6) is 0 Å². The van der Waals surface area contributed by atoms with E-state index in [9.17, 15) is 0 Å². The van der Waals surface area contributed by atoms with E-state index in [2.05, 4.69) is 22.9 Å². The highest BCUT2D eigenvalue weighted by molar-refractivity contribution is 5.67. The first kappa shape index (κ1) is 12.9. The highest BCUT2D eigenvalue weighted by atomic mass is 15.1. The number of hydrogen-bond donors (Lipinski definition) is 1. The van der Waals surface area contributed by atoms with Crippen molar-refractivity contribution in [2.24, 2.45) is 0 Å². The molecule has 2 N–H and O–H groups in total. The zero-order chi connectivity index (χ0) is 13.7. The maximum Gasteiger partial charge on any atom is 0.145 e. The summed E-state index contributed by atoms with van der Waals surface area (Å²) in [7, 11) is 0. The second-order valence-corrected chi connectivity index (χ2v) is 4.20. The Morgan fingerprint density at radius 1 is 1.26 bits per heavy atom. The van der Waals surface area contributed by atoms with Crippen LogP contribution in [0.3, 0.4) is 0 Å². The number of nitriles is 1. The van der Waals surface area contributed by atoms with Crippen molar-refractivity contribution in [3.8, 4) is 6.07 Å². The summed E-state index contributed by atoms with van der Waals surface area (Å²) in [5.74, 6) is 0. The van der Waals surface area contributed by atoms with Crippen LogP contribution in [0, 0.1) is 11.3 Å². The van der Waals surface area contributed by atoms with Crippen molar-refractivity contribution >= 4 is 11.4 Å². The highest BCUT2D eigenvalue weighted by Crippen LogP contribution is 2.24. The van der Waals surface area contributed by atoms with E-state index in [1.165, 1.54) is 0 Å². The molecule has 0 aliphatic carbocycles. The van der Waals surface area contributed by atoms with Gasteiger partial charge in [0.05, 0.1) is 11.4 Å². The molecule has 0 aliphatic rings. The number of hydrogen-bond acceptors (Lipinski definition) is 4. The molecular weight excluding hydrogens is 236 g/mol. The summed E-state index contributed by atoms with van der Waals surface area (Å²) >= 11 is 0. The number of anilines is 2. The molecule has 1 aromatic heterocycles. The van der Waals surface area contributed by atoms with Crippen molar-refractivity contribution in [2.45, 2.75) is 13.5 Å². The molecule has 0 amide bonds. The van der Waals surface area contributed by atoms with Gasteiger partial charge in [0, 0.05) is 24.8 Å². The number of nitrogens with two attached hydrogens (primary N) is 1. The van der Waals surface area contributed by atoms with Crippen molar-refractivity contribution in [1.82, 2.24) is 4.98 Å². The van der Waals surface area contributed by atoms with Crippen LogP contribution >= 0.6 is 0 Å². The van der Waals surface area contributed by atoms with Crippen molar-refractivity contribution in [1.29, 1.82) is 5.26 Å². The van der Waals surface area contributed by atoms with Gasteiger partial charge in [-0.3, -0.25) is 0 Å². The van der Waals surface area contributed by atoms with Crippen LogP contribution in [0.2, 0.25) is 0 Å². The van der Waals surface area contributed by atoms with Gasteiger partial charge in [-0.25, -0.2) is 4.98 Å². The number of aromatic nitrogens is 1. The van der Waals surface area contributed by atoms with E-state index in [1.54, 1.807) is 6.20 Å². The summed E-state index contributed by atoms with van der Waals surface area (Å²) in [6.07, 6.45) is 1.63. The topological polar surface area (TPSA) is 65.9 Å². The van der Waals surface area contributed by atoms with Crippen molar-refractivity contribution in [3.05, 3.63) is 53.9 Å². The van der Waals surface area contributed by atoms with E-state index in [4.69, 9.17) is 11.0 Å². The fraction of sp³-hybridized carbons (Fsp3) is 0.200. The van der Waals surface area contributed by atoms with E-state index < -0.39 is 0 Å². The average Bonchev–Trinajstić information content (AvgIpc) is 2.46. The van der Waals surface area contributed by atoms with Gasteiger partial charge in [0.1, 0.15) is 11.8 Å². The first-order chi connectivity index (χ1) is 9.26. The van der Waals surface area contributed by atoms with Gasteiger partial charge in [-0.1, -0.05) is 18.2 Å². The number of nitrogen functional groups attached to an aromatic ring is 1. The number of nitrogens with zero attached hydrogens (tertiary/aromatic N) is 3. The Balaban J connectivity index is 2.30. The minimum atomic E-state index is 0.468. The monoisotopic (exact) mass is 252 g/mol. The fourth-order valence-electron chi connectivity index (χ4n) is 2.02. The molecule has 0 fully saturated rings. The molecule has 0 atom stereocenters. The Bertz CT molecular complexity index is 601. The third-order valence-corrected chi connectivity index (χ3v) is 3.02. The second-order valence-electron chi connectivity index (χ2n) is 4.20. The van der Waals surface area contributed by atoms with Gasteiger partial charge >= 0.3 is 0 Å². The van der Waals surface area contributed by atoms with Crippen LogP contribution in [0.1, 0.15) is 18.2 Å². The summed E-state index contributed by atoms with van der Waals surface area (Å²) in [6, 6.07) is 13.6. The van der Waals surface area contributed by atoms with E-state index in [1.807, 2.05) is 36.4 Å². The van der Waals surface area contributed by atoms with Crippen LogP contribution in [-0.2, 0) is 6.54 Å². The van der Waals surface area contributed by atoms with Crippen LogP contribution in [0.4, 0.5) is 11.4 Å². The van der Waals surface area contributed by atoms with Gasteiger partial charge in [0.15, 0.2) is 0 Å². The second kappa shape index (κ2) is 5.87. The summed E-state index contributed by atoms with van der Waals surface area (Å²) in [4.78, 5) is 6.21. The molecule has 0 spiro atoms. The minimum absolute atomic E-state index is 0.468. The third kappa shape index (κ3) is 2.83. The minimum Gasteiger partial charge on any atom is -0.397 e. The van der Waals surface area contributed by atoms with Gasteiger partial charge < -0.3 is 10.6 Å². The summed E-state index contributed by atoms with van der Waals surface area (Å²) in [5.41, 5.74) is 9.11. The predicted molar refractivity (Wildman–Crippen MR) is 76.5 cm³/mol. The van der Waals surface area contributed by atoms with E-state index in [-0.39, 0.29) is 0 Å². The quantitative estimate of drug-likeness (QED) is 0.849. The zero-order valence-electron chi connectivity index (χ0n) is 10.9. The molecule has 0 radical (unpaired) electrons. The fourth-order valence-corrected chi connectivity index (χ4v) is 2.02. The molecule has 0 saturated heterocycles. The maximum atomic E-state index is 9.07. The molecule has 96 valence electrons. The lowest BCUT2D eigenvalue weighted by molar-refractivity contribution is 0.826. The Morgan fingerprint density at radius 3 is 2.74 bits per heavy atom. The van der Waals surface area contributed by atoms with Crippen LogP contribution in [0.25, 0.3) is 0 Å². The summed E-state index contributed by atoms with van der Waals surface area (Å²) in [6.45, 7) is 3.50. The Morgan fingerprint density at radius 2 is 2.05 bits per heavy atom. The lowest BCUT2D eigenvalue weighted by atomic mass is 10.1. The van der Waals surface area contributed by atoms with Gasteiger partial charge in [-0.15, -0.1) is 0 Å². The van der Waals surface area contributed by atoms with E-state index >= 15 is 0 Å². The first-order valence-corrected chi connectivity index (χ1v) is 6.19. The maximum absolute atomic E-state index is 9.07. The molecule has 19 heavy (non-hydrogen) atoms. The molecule has 4 nitrogen and oxygen atoms in total. The summed E-state index contributed by atoms with van der Waals surface area (Å²) in [5, 5.41) is 9.07. The van der Waals surface area contributed by atoms with Gasteiger partial charge in [-0.2, -0.15) is 5.26 Å². The molecule has 0 unspecified atom stereocenters. The largest absolute Gasteiger partial charge is 0.397 e. The SMILES string of the molecule is CCN(Cc1cccnc1C#N)c1ccccc1N. The standard InChI is InChI=1S/C15H16N4/c1-2-19(15-8-4-3-7-13(15)17)11-12-6-5-9-18-14(12)10-16/h3-9H,2,11,17H2,1H3. The highest BCUT2D eigenvalue weighted by Gasteiger charge is 2.11. The molecule has 1 aromatic carbocycles. The zero-order valence-corrected chi connectivity index (χ0v) is 10.9. The molecule has 1 heterocycles. The number of pyridine rings is 1. The van der Waals surface area contributed by atoms with Gasteiger partial charge in [0.2, 0.25) is 0 Å². The predicted octanol–water partition coefficient (Wildman–Crippen LogP) is 2.56. The Hall–Kier alpha value is -2.54. The van der Waals surface area contributed by atoms with Crippen LogP contribution < -0.4 is 10.6 Å². The van der Waals surface area contributed by atoms with E-state index in [0.29, 0.717) is 12.2 Å². The van der Waals surface area contributed by atoms with E-state index in [0.717, 1.165) is 23.5 Å². The van der Waals surface area contributed by atoms with Crippen molar-refractivity contribution in [2.75, 3.05) is 17.2 Å². The smallest absolute Gasteiger partial charge is 0.145 e. The number of benzene rings is 1. The third-order valence-electron chi connectivity index (χ3n) is 3.02. The molecule has 0 saturated carbocycles. The van der Waals surface area contributed by atoms with Gasteiger partial charge in [-0.05, 0) is 25.1 Å². The molecule has 2 aromatic rings. The van der Waals surface area contributed by atoms with Gasteiger partial charge in [0.25, 0.3) is 0 Å². The van der Waals surface area contributed by atoms with Crippen LogP contribution in [0.15, 0.2) is 42.6 Å². The average molecular weight is 252 g/mol. The molecule has 4 heteroatoms. The lowest BCUT2D eigenvalue weighted by Gasteiger charge is -2.24. The van der Waals surface area contributed by atoms with Crippen LogP contribution in [-0.4, -0.2) is 11.5 Å².